The average molecular weight is 359 g/mol. The van der Waals surface area contributed by atoms with Gasteiger partial charge in [-0.15, -0.1) is 12.4 Å². The van der Waals surface area contributed by atoms with Gasteiger partial charge in [-0.25, -0.2) is 0 Å². The lowest BCUT2D eigenvalue weighted by Crippen LogP contribution is -2.54. The highest BCUT2D eigenvalue weighted by Gasteiger charge is 2.46. The van der Waals surface area contributed by atoms with Crippen LogP contribution in [0.15, 0.2) is 54.6 Å². The first-order chi connectivity index (χ1) is 11.8. The largest absolute Gasteiger partial charge is 0.488 e. The third-order valence-corrected chi connectivity index (χ3v) is 4.87. The zero-order valence-corrected chi connectivity index (χ0v) is 14.9. The molecule has 5 heteroatoms. The van der Waals surface area contributed by atoms with Crippen LogP contribution in [0.25, 0.3) is 0 Å². The zero-order valence-electron chi connectivity index (χ0n) is 14.1. The standard InChI is InChI=1S/C20H22N2O2.ClH/c23-19(22-13-12-21-20(15-22)10-11-20)17-8-4-5-9-18(17)24-14-16-6-2-1-3-7-16;/h1-9,21H,10-15H2;1H. The van der Waals surface area contributed by atoms with Crippen LogP contribution in [0.2, 0.25) is 0 Å². The molecular formula is C20H23ClN2O2. The molecule has 1 saturated carbocycles. The summed E-state index contributed by atoms with van der Waals surface area (Å²) < 4.78 is 5.94. The van der Waals surface area contributed by atoms with Gasteiger partial charge in [-0.3, -0.25) is 4.79 Å². The summed E-state index contributed by atoms with van der Waals surface area (Å²) in [5.74, 6) is 0.737. The number of amides is 1. The molecule has 1 N–H and O–H groups in total. The van der Waals surface area contributed by atoms with Crippen molar-refractivity contribution >= 4 is 18.3 Å². The number of rotatable bonds is 4. The predicted octanol–water partition coefficient (Wildman–Crippen LogP) is 3.27. The number of nitrogens with zero attached hydrogens (tertiary/aromatic N) is 1. The van der Waals surface area contributed by atoms with Crippen LogP contribution in [0, 0.1) is 0 Å². The summed E-state index contributed by atoms with van der Waals surface area (Å²) >= 11 is 0. The van der Waals surface area contributed by atoms with Crippen LogP contribution in [-0.2, 0) is 6.61 Å². The highest BCUT2D eigenvalue weighted by atomic mass is 35.5. The van der Waals surface area contributed by atoms with E-state index >= 15 is 0 Å². The maximum Gasteiger partial charge on any atom is 0.257 e. The summed E-state index contributed by atoms with van der Waals surface area (Å²) in [5, 5.41) is 3.54. The Balaban J connectivity index is 0.00000182. The quantitative estimate of drug-likeness (QED) is 0.912. The fourth-order valence-electron chi connectivity index (χ4n) is 3.29. The molecule has 2 aromatic carbocycles. The molecule has 2 fully saturated rings. The molecule has 0 atom stereocenters. The van der Waals surface area contributed by atoms with Crippen molar-refractivity contribution in [2.24, 2.45) is 0 Å². The van der Waals surface area contributed by atoms with Gasteiger partial charge in [0.15, 0.2) is 0 Å². The smallest absolute Gasteiger partial charge is 0.257 e. The second-order valence-corrected chi connectivity index (χ2v) is 6.70. The number of para-hydroxylation sites is 1. The minimum atomic E-state index is 0. The first-order valence-corrected chi connectivity index (χ1v) is 8.56. The number of carbonyl (C=O) groups excluding carboxylic acids is 1. The van der Waals surface area contributed by atoms with Crippen molar-refractivity contribution in [2.75, 3.05) is 19.6 Å². The van der Waals surface area contributed by atoms with Gasteiger partial charge in [0.05, 0.1) is 5.56 Å². The molecule has 0 aromatic heterocycles. The Morgan fingerprint density at radius 3 is 2.56 bits per heavy atom. The van der Waals surface area contributed by atoms with Crippen molar-refractivity contribution in [2.45, 2.75) is 25.0 Å². The maximum atomic E-state index is 13.0. The van der Waals surface area contributed by atoms with Crippen LogP contribution >= 0.6 is 12.4 Å². The van der Waals surface area contributed by atoms with Crippen LogP contribution < -0.4 is 10.1 Å². The maximum absolute atomic E-state index is 13.0. The summed E-state index contributed by atoms with van der Waals surface area (Å²) in [4.78, 5) is 14.9. The van der Waals surface area contributed by atoms with E-state index in [2.05, 4.69) is 5.32 Å². The Bertz CT molecular complexity index is 731. The molecule has 132 valence electrons. The summed E-state index contributed by atoms with van der Waals surface area (Å²) in [7, 11) is 0. The van der Waals surface area contributed by atoms with E-state index < -0.39 is 0 Å². The molecule has 4 rings (SSSR count). The molecule has 4 nitrogen and oxygen atoms in total. The van der Waals surface area contributed by atoms with Crippen molar-refractivity contribution in [3.05, 3.63) is 65.7 Å². The normalized spacial score (nSPS) is 17.7. The molecule has 1 amide bonds. The predicted molar refractivity (Wildman–Crippen MR) is 100 cm³/mol. The first kappa shape index (κ1) is 17.8. The average Bonchev–Trinajstić information content (AvgIpc) is 3.39. The van der Waals surface area contributed by atoms with E-state index in [0.717, 1.165) is 25.2 Å². The van der Waals surface area contributed by atoms with Crippen molar-refractivity contribution < 1.29 is 9.53 Å². The van der Waals surface area contributed by atoms with Crippen LogP contribution in [0.4, 0.5) is 0 Å². The summed E-state index contributed by atoms with van der Waals surface area (Å²) in [5.41, 5.74) is 1.94. The molecule has 1 saturated heterocycles. The number of halogens is 1. The Morgan fingerprint density at radius 1 is 1.08 bits per heavy atom. The van der Waals surface area contributed by atoms with E-state index in [1.54, 1.807) is 0 Å². The van der Waals surface area contributed by atoms with Gasteiger partial charge in [0, 0.05) is 25.2 Å². The summed E-state index contributed by atoms with van der Waals surface area (Å²) in [6.07, 6.45) is 2.34. The minimum absolute atomic E-state index is 0. The monoisotopic (exact) mass is 358 g/mol. The van der Waals surface area contributed by atoms with Crippen molar-refractivity contribution in [3.63, 3.8) is 0 Å². The van der Waals surface area contributed by atoms with E-state index in [0.29, 0.717) is 17.9 Å². The molecule has 1 spiro atoms. The highest BCUT2D eigenvalue weighted by Crippen LogP contribution is 2.38. The highest BCUT2D eigenvalue weighted by molar-refractivity contribution is 5.97. The van der Waals surface area contributed by atoms with Gasteiger partial charge in [0.25, 0.3) is 5.91 Å². The first-order valence-electron chi connectivity index (χ1n) is 8.56. The van der Waals surface area contributed by atoms with Gasteiger partial charge >= 0.3 is 0 Å². The van der Waals surface area contributed by atoms with Crippen LogP contribution in [-0.4, -0.2) is 36.0 Å². The molecule has 25 heavy (non-hydrogen) atoms. The molecule has 1 heterocycles. The second-order valence-electron chi connectivity index (χ2n) is 6.70. The number of hydrogen-bond donors (Lipinski definition) is 1. The molecular weight excluding hydrogens is 336 g/mol. The van der Waals surface area contributed by atoms with Gasteiger partial charge in [-0.1, -0.05) is 42.5 Å². The Labute approximate surface area is 154 Å². The van der Waals surface area contributed by atoms with Crippen molar-refractivity contribution in [1.82, 2.24) is 10.2 Å². The Kier molecular flexibility index (Phi) is 5.30. The number of carbonyl (C=O) groups is 1. The van der Waals surface area contributed by atoms with Crippen LogP contribution in [0.5, 0.6) is 5.75 Å². The van der Waals surface area contributed by atoms with E-state index in [1.807, 2.05) is 59.5 Å². The van der Waals surface area contributed by atoms with E-state index in [4.69, 9.17) is 4.74 Å². The molecule has 2 aromatic rings. The van der Waals surface area contributed by atoms with Gasteiger partial charge < -0.3 is 15.0 Å². The topological polar surface area (TPSA) is 41.6 Å². The number of piperazine rings is 1. The van der Waals surface area contributed by atoms with Gasteiger partial charge in [-0.2, -0.15) is 0 Å². The van der Waals surface area contributed by atoms with Gasteiger partial charge in [-0.05, 0) is 30.5 Å². The number of benzene rings is 2. The fourth-order valence-corrected chi connectivity index (χ4v) is 3.29. The minimum Gasteiger partial charge on any atom is -0.488 e. The molecule has 2 aliphatic rings. The van der Waals surface area contributed by atoms with Gasteiger partial charge in [0.2, 0.25) is 0 Å². The van der Waals surface area contributed by atoms with Crippen molar-refractivity contribution in [1.29, 1.82) is 0 Å². The lowest BCUT2D eigenvalue weighted by Gasteiger charge is -2.34. The number of ether oxygens (including phenoxy) is 1. The van der Waals surface area contributed by atoms with Crippen molar-refractivity contribution in [3.8, 4) is 5.75 Å². The molecule has 0 bridgehead atoms. The lowest BCUT2D eigenvalue weighted by atomic mass is 10.1. The molecule has 1 aliphatic heterocycles. The number of nitrogens with one attached hydrogen (secondary N) is 1. The zero-order chi connectivity index (χ0) is 16.4. The van der Waals surface area contributed by atoms with E-state index in [9.17, 15) is 4.79 Å². The summed E-state index contributed by atoms with van der Waals surface area (Å²) in [6, 6.07) is 17.6. The molecule has 0 radical (unpaired) electrons. The molecule has 0 unspecified atom stereocenters. The molecule has 1 aliphatic carbocycles. The lowest BCUT2D eigenvalue weighted by molar-refractivity contribution is 0.0686. The second kappa shape index (κ2) is 7.46. The van der Waals surface area contributed by atoms with Crippen LogP contribution in [0.1, 0.15) is 28.8 Å². The third-order valence-electron chi connectivity index (χ3n) is 4.87. The summed E-state index contributed by atoms with van der Waals surface area (Å²) in [6.45, 7) is 2.90. The van der Waals surface area contributed by atoms with Crippen LogP contribution in [0.3, 0.4) is 0 Å². The fraction of sp³-hybridized carbons (Fsp3) is 0.350. The SMILES string of the molecule is Cl.O=C(c1ccccc1OCc1ccccc1)N1CCNC2(CC2)C1. The Hall–Kier alpha value is -2.04. The third kappa shape index (κ3) is 3.97. The van der Waals surface area contributed by atoms with E-state index in [1.165, 1.54) is 12.8 Å². The van der Waals surface area contributed by atoms with Gasteiger partial charge in [0.1, 0.15) is 12.4 Å². The number of hydrogen-bond acceptors (Lipinski definition) is 3. The van der Waals surface area contributed by atoms with E-state index in [-0.39, 0.29) is 23.9 Å². The Morgan fingerprint density at radius 2 is 1.80 bits per heavy atom.